The molecular formula is C21H14BrN3O6. The van der Waals surface area contributed by atoms with E-state index in [9.17, 15) is 20.0 Å². The maximum atomic E-state index is 12.2. The van der Waals surface area contributed by atoms with Crippen LogP contribution in [0, 0.1) is 10.1 Å². The summed E-state index contributed by atoms with van der Waals surface area (Å²) >= 11 is 3.26. The molecule has 0 aliphatic carbocycles. The Morgan fingerprint density at radius 1 is 1.16 bits per heavy atom. The zero-order chi connectivity index (χ0) is 22.0. The molecule has 0 aliphatic rings. The second kappa shape index (κ2) is 8.44. The number of phenolic OH excluding ortho intramolecular Hbond substituents is 1. The number of oxazole rings is 1. The second-order valence-electron chi connectivity index (χ2n) is 6.46. The molecule has 0 bridgehead atoms. The van der Waals surface area contributed by atoms with E-state index < -0.39 is 10.8 Å². The normalized spacial score (nSPS) is 10.7. The van der Waals surface area contributed by atoms with E-state index in [1.165, 1.54) is 30.3 Å². The summed E-state index contributed by atoms with van der Waals surface area (Å²) in [6.07, 6.45) is 0. The summed E-state index contributed by atoms with van der Waals surface area (Å²) in [5.74, 6) is 0.433. The van der Waals surface area contributed by atoms with Crippen molar-refractivity contribution in [1.29, 1.82) is 0 Å². The number of ether oxygens (including phenoxy) is 1. The minimum absolute atomic E-state index is 0.0586. The minimum atomic E-state index is -0.511. The van der Waals surface area contributed by atoms with Crippen molar-refractivity contribution in [2.45, 2.75) is 0 Å². The number of nitrogens with one attached hydrogen (secondary N) is 1. The molecule has 4 aromatic rings. The Kier molecular flexibility index (Phi) is 5.54. The molecule has 0 atom stereocenters. The third kappa shape index (κ3) is 4.64. The molecule has 1 heterocycles. The third-order valence-corrected chi connectivity index (χ3v) is 4.92. The van der Waals surface area contributed by atoms with Crippen molar-refractivity contribution >= 4 is 44.3 Å². The van der Waals surface area contributed by atoms with Crippen LogP contribution in [0.1, 0.15) is 0 Å². The van der Waals surface area contributed by atoms with E-state index in [4.69, 9.17) is 9.15 Å². The first kappa shape index (κ1) is 20.4. The maximum Gasteiger partial charge on any atom is 0.269 e. The SMILES string of the molecule is O=C(COc1ccc([N+](=O)[O-])cc1)Nc1ccc2oc(-c3ccc(O)c(Br)c3)nc2c1. The van der Waals surface area contributed by atoms with Gasteiger partial charge >= 0.3 is 0 Å². The van der Waals surface area contributed by atoms with Crippen LogP contribution in [0.25, 0.3) is 22.6 Å². The Hall–Kier alpha value is -3.92. The minimum Gasteiger partial charge on any atom is -0.507 e. The van der Waals surface area contributed by atoms with E-state index in [2.05, 4.69) is 26.2 Å². The lowest BCUT2D eigenvalue weighted by Gasteiger charge is -2.07. The summed E-state index contributed by atoms with van der Waals surface area (Å²) in [6, 6.07) is 15.4. The van der Waals surface area contributed by atoms with Crippen LogP contribution in [0.4, 0.5) is 11.4 Å². The highest BCUT2D eigenvalue weighted by Gasteiger charge is 2.12. The van der Waals surface area contributed by atoms with Crippen LogP contribution in [-0.4, -0.2) is 27.5 Å². The number of halogens is 1. The van der Waals surface area contributed by atoms with Gasteiger partial charge in [-0.2, -0.15) is 0 Å². The van der Waals surface area contributed by atoms with Gasteiger partial charge in [-0.05, 0) is 64.5 Å². The van der Waals surface area contributed by atoms with Crippen LogP contribution in [0.2, 0.25) is 0 Å². The number of carbonyl (C=O) groups is 1. The Labute approximate surface area is 183 Å². The van der Waals surface area contributed by atoms with Gasteiger partial charge < -0.3 is 19.6 Å². The molecule has 3 aromatic carbocycles. The molecule has 1 aromatic heterocycles. The zero-order valence-electron chi connectivity index (χ0n) is 15.7. The Balaban J connectivity index is 1.42. The number of rotatable bonds is 6. The molecule has 0 unspecified atom stereocenters. The lowest BCUT2D eigenvalue weighted by Crippen LogP contribution is -2.20. The Morgan fingerprint density at radius 2 is 1.94 bits per heavy atom. The first-order valence-electron chi connectivity index (χ1n) is 8.95. The highest BCUT2D eigenvalue weighted by atomic mass is 79.9. The van der Waals surface area contributed by atoms with Crippen molar-refractivity contribution in [1.82, 2.24) is 4.98 Å². The van der Waals surface area contributed by atoms with Crippen molar-refractivity contribution in [2.75, 3.05) is 11.9 Å². The number of fused-ring (bicyclic) bond motifs is 1. The zero-order valence-corrected chi connectivity index (χ0v) is 17.3. The number of hydrogen-bond donors (Lipinski definition) is 2. The molecule has 31 heavy (non-hydrogen) atoms. The second-order valence-corrected chi connectivity index (χ2v) is 7.31. The average molecular weight is 484 g/mol. The van der Waals surface area contributed by atoms with E-state index in [0.717, 1.165) is 0 Å². The number of amides is 1. The van der Waals surface area contributed by atoms with Crippen molar-refractivity contribution in [3.05, 3.63) is 75.3 Å². The highest BCUT2D eigenvalue weighted by Crippen LogP contribution is 2.31. The smallest absolute Gasteiger partial charge is 0.269 e. The molecule has 0 radical (unpaired) electrons. The largest absolute Gasteiger partial charge is 0.507 e. The molecule has 0 aliphatic heterocycles. The number of non-ortho nitro benzene ring substituents is 1. The van der Waals surface area contributed by atoms with Gasteiger partial charge in [0.25, 0.3) is 11.6 Å². The fourth-order valence-electron chi connectivity index (χ4n) is 2.78. The van der Waals surface area contributed by atoms with Crippen molar-refractivity contribution < 1.29 is 24.0 Å². The fourth-order valence-corrected chi connectivity index (χ4v) is 3.16. The first-order chi connectivity index (χ1) is 14.9. The van der Waals surface area contributed by atoms with Crippen LogP contribution < -0.4 is 10.1 Å². The average Bonchev–Trinajstić information content (AvgIpc) is 3.18. The van der Waals surface area contributed by atoms with Gasteiger partial charge in [0.05, 0.1) is 9.40 Å². The van der Waals surface area contributed by atoms with Gasteiger partial charge in [0.15, 0.2) is 12.2 Å². The van der Waals surface area contributed by atoms with E-state index in [1.807, 2.05) is 0 Å². The van der Waals surface area contributed by atoms with Crippen LogP contribution >= 0.6 is 15.9 Å². The number of hydrogen-bond acceptors (Lipinski definition) is 7. The van der Waals surface area contributed by atoms with Gasteiger partial charge in [-0.3, -0.25) is 14.9 Å². The molecule has 9 nitrogen and oxygen atoms in total. The monoisotopic (exact) mass is 483 g/mol. The highest BCUT2D eigenvalue weighted by molar-refractivity contribution is 9.10. The van der Waals surface area contributed by atoms with Crippen LogP contribution in [0.3, 0.4) is 0 Å². The predicted octanol–water partition coefficient (Wildman–Crippen LogP) is 4.89. The molecule has 0 fully saturated rings. The maximum absolute atomic E-state index is 12.2. The summed E-state index contributed by atoms with van der Waals surface area (Å²) < 4.78 is 11.6. The van der Waals surface area contributed by atoms with Gasteiger partial charge in [-0.1, -0.05) is 0 Å². The summed E-state index contributed by atoms with van der Waals surface area (Å²) in [5.41, 5.74) is 2.23. The van der Waals surface area contributed by atoms with Gasteiger partial charge in [0.1, 0.15) is 17.0 Å². The van der Waals surface area contributed by atoms with E-state index >= 15 is 0 Å². The number of nitrogens with zero attached hydrogens (tertiary/aromatic N) is 2. The summed E-state index contributed by atoms with van der Waals surface area (Å²) in [4.78, 5) is 26.8. The van der Waals surface area contributed by atoms with Gasteiger partial charge in [0.2, 0.25) is 5.89 Å². The Bertz CT molecular complexity index is 1290. The molecule has 0 spiro atoms. The number of benzene rings is 3. The van der Waals surface area contributed by atoms with E-state index in [0.29, 0.717) is 38.5 Å². The lowest BCUT2D eigenvalue weighted by atomic mass is 10.2. The molecular weight excluding hydrogens is 470 g/mol. The van der Waals surface area contributed by atoms with Crippen LogP contribution in [-0.2, 0) is 4.79 Å². The number of aromatic hydroxyl groups is 1. The quantitative estimate of drug-likeness (QED) is 0.295. The van der Waals surface area contributed by atoms with Gasteiger partial charge in [0, 0.05) is 23.4 Å². The number of anilines is 1. The molecule has 10 heteroatoms. The molecule has 156 valence electrons. The first-order valence-corrected chi connectivity index (χ1v) is 9.75. The summed E-state index contributed by atoms with van der Waals surface area (Å²) in [5, 5.41) is 23.0. The number of nitro benzene ring substituents is 1. The Morgan fingerprint density at radius 3 is 2.65 bits per heavy atom. The number of phenols is 1. The topological polar surface area (TPSA) is 128 Å². The predicted molar refractivity (Wildman–Crippen MR) is 116 cm³/mol. The van der Waals surface area contributed by atoms with Crippen molar-refractivity contribution in [3.8, 4) is 23.0 Å². The number of nitro groups is 1. The summed E-state index contributed by atoms with van der Waals surface area (Å²) in [7, 11) is 0. The summed E-state index contributed by atoms with van der Waals surface area (Å²) in [6.45, 7) is -0.262. The van der Waals surface area contributed by atoms with Crippen LogP contribution in [0.5, 0.6) is 11.5 Å². The fraction of sp³-hybridized carbons (Fsp3) is 0.0476. The van der Waals surface area contributed by atoms with Crippen molar-refractivity contribution in [3.63, 3.8) is 0 Å². The van der Waals surface area contributed by atoms with E-state index in [-0.39, 0.29) is 18.0 Å². The molecule has 4 rings (SSSR count). The van der Waals surface area contributed by atoms with Crippen molar-refractivity contribution in [2.24, 2.45) is 0 Å². The number of aromatic nitrogens is 1. The van der Waals surface area contributed by atoms with E-state index in [1.54, 1.807) is 30.3 Å². The van der Waals surface area contributed by atoms with Gasteiger partial charge in [-0.25, -0.2) is 4.98 Å². The standard InChI is InChI=1S/C21H14BrN3O6/c22-16-9-12(1-7-18(16)26)21-24-17-10-13(2-8-19(17)31-21)23-20(27)11-30-15-5-3-14(4-6-15)25(28)29/h1-10,26H,11H2,(H,23,27). The van der Waals surface area contributed by atoms with Crippen LogP contribution in [0.15, 0.2) is 69.6 Å². The number of carbonyl (C=O) groups excluding carboxylic acids is 1. The molecule has 1 amide bonds. The molecule has 0 saturated carbocycles. The molecule has 0 saturated heterocycles. The molecule has 2 N–H and O–H groups in total. The van der Waals surface area contributed by atoms with Gasteiger partial charge in [-0.15, -0.1) is 0 Å². The third-order valence-electron chi connectivity index (χ3n) is 4.28. The lowest BCUT2D eigenvalue weighted by molar-refractivity contribution is -0.384.